The summed E-state index contributed by atoms with van der Waals surface area (Å²) in [6, 6.07) is -0.662. The maximum atomic E-state index is 12.0. The van der Waals surface area contributed by atoms with E-state index in [1.807, 2.05) is 4.72 Å². The number of carbonyl (C=O) groups excluding carboxylic acids is 1. The lowest BCUT2D eigenvalue weighted by Crippen LogP contribution is -2.62. The molecule has 4 aliphatic carbocycles. The Morgan fingerprint density at radius 2 is 1.68 bits per heavy atom. The Morgan fingerprint density at radius 3 is 2.32 bits per heavy atom. The van der Waals surface area contributed by atoms with E-state index in [2.05, 4.69) is 33.0 Å². The first-order chi connectivity index (χ1) is 15.8. The molecule has 7 nitrogen and oxygen atoms in total. The molecule has 0 spiro atoms. The fourth-order valence-corrected chi connectivity index (χ4v) is 9.94. The predicted molar refractivity (Wildman–Crippen MR) is 132 cm³/mol. The summed E-state index contributed by atoms with van der Waals surface area (Å²) >= 11 is 0. The molecule has 34 heavy (non-hydrogen) atoms. The van der Waals surface area contributed by atoms with Crippen LogP contribution in [-0.2, 0) is 10.0 Å². The lowest BCUT2D eigenvalue weighted by Gasteiger charge is -2.64. The molecule has 4 saturated carbocycles. The minimum absolute atomic E-state index is 0.117. The summed E-state index contributed by atoms with van der Waals surface area (Å²) in [5.74, 6) is 2.59. The second-order valence-corrected chi connectivity index (χ2v) is 14.4. The van der Waals surface area contributed by atoms with Gasteiger partial charge in [0.1, 0.15) is 0 Å². The average Bonchev–Trinajstić information content (AvgIpc) is 3.09. The summed E-state index contributed by atoms with van der Waals surface area (Å²) in [6.07, 6.45) is 8.63. The minimum Gasteiger partial charge on any atom is -0.393 e. The first-order valence-corrected chi connectivity index (χ1v) is 15.3. The molecule has 0 aromatic rings. The van der Waals surface area contributed by atoms with Crippen LogP contribution in [0.1, 0.15) is 79.1 Å². The predicted octanol–water partition coefficient (Wildman–Crippen LogP) is 3.51. The smallest absolute Gasteiger partial charge is 0.328 e. The zero-order valence-electron chi connectivity index (χ0n) is 21.6. The van der Waals surface area contributed by atoms with Crippen LogP contribution in [0.4, 0.5) is 4.79 Å². The maximum Gasteiger partial charge on any atom is 0.328 e. The molecule has 4 rings (SSSR count). The van der Waals surface area contributed by atoms with Crippen LogP contribution in [0.25, 0.3) is 0 Å². The number of aliphatic hydroxyl groups is 2. The van der Waals surface area contributed by atoms with Gasteiger partial charge in [-0.25, -0.2) is 17.9 Å². The zero-order valence-corrected chi connectivity index (χ0v) is 22.4. The summed E-state index contributed by atoms with van der Waals surface area (Å²) in [6.45, 7) is 9.67. The van der Waals surface area contributed by atoms with Crippen molar-refractivity contribution in [2.75, 3.05) is 12.8 Å². The third-order valence-corrected chi connectivity index (χ3v) is 11.6. The number of urea groups is 1. The van der Waals surface area contributed by atoms with E-state index in [1.165, 1.54) is 0 Å². The van der Waals surface area contributed by atoms with Crippen molar-refractivity contribution in [1.82, 2.24) is 10.0 Å². The Labute approximate surface area is 205 Å². The lowest BCUT2D eigenvalue weighted by molar-refractivity contribution is -0.203. The SMILES string of the molecule is CC[C@@H]1C2C[C@H](O)CC[C@]2(C)[C@H]2CC[C@]3(C)[C@@H]([C@H](C)CNC(=O)NS(C)(=O)=O)CC[C@H]3[C@@H]2[C@@H]1O. The molecule has 0 heterocycles. The van der Waals surface area contributed by atoms with Crippen molar-refractivity contribution in [3.8, 4) is 0 Å². The van der Waals surface area contributed by atoms with Crippen molar-refractivity contribution in [2.24, 2.45) is 52.3 Å². The van der Waals surface area contributed by atoms with Crippen LogP contribution in [-0.4, -0.2) is 49.7 Å². The van der Waals surface area contributed by atoms with Gasteiger partial charge in [-0.1, -0.05) is 34.1 Å². The van der Waals surface area contributed by atoms with E-state index in [-0.39, 0.29) is 34.9 Å². The largest absolute Gasteiger partial charge is 0.393 e. The molecule has 2 amide bonds. The number of aliphatic hydroxyl groups excluding tert-OH is 2. The highest BCUT2D eigenvalue weighted by Gasteiger charge is 2.64. The van der Waals surface area contributed by atoms with E-state index >= 15 is 0 Å². The van der Waals surface area contributed by atoms with Crippen molar-refractivity contribution < 1.29 is 23.4 Å². The van der Waals surface area contributed by atoms with Gasteiger partial charge in [-0.2, -0.15) is 0 Å². The highest BCUT2D eigenvalue weighted by Crippen LogP contribution is 2.69. The van der Waals surface area contributed by atoms with Crippen molar-refractivity contribution in [3.05, 3.63) is 0 Å². The molecule has 11 atom stereocenters. The van der Waals surface area contributed by atoms with Crippen LogP contribution in [0.3, 0.4) is 0 Å². The van der Waals surface area contributed by atoms with E-state index in [0.29, 0.717) is 36.1 Å². The maximum absolute atomic E-state index is 12.0. The molecule has 4 aliphatic rings. The molecule has 0 aromatic carbocycles. The Hall–Kier alpha value is -0.860. The van der Waals surface area contributed by atoms with Crippen LogP contribution in [0, 0.1) is 52.3 Å². The van der Waals surface area contributed by atoms with Crippen molar-refractivity contribution in [3.63, 3.8) is 0 Å². The number of rotatable bonds is 5. The first kappa shape index (κ1) is 26.2. The van der Waals surface area contributed by atoms with Crippen LogP contribution < -0.4 is 10.0 Å². The molecule has 4 N–H and O–H groups in total. The minimum atomic E-state index is -3.57. The topological polar surface area (TPSA) is 116 Å². The van der Waals surface area contributed by atoms with E-state index in [0.717, 1.165) is 57.6 Å². The zero-order chi connectivity index (χ0) is 25.1. The van der Waals surface area contributed by atoms with Gasteiger partial charge >= 0.3 is 6.03 Å². The van der Waals surface area contributed by atoms with Gasteiger partial charge in [-0.15, -0.1) is 0 Å². The van der Waals surface area contributed by atoms with Crippen LogP contribution in [0.5, 0.6) is 0 Å². The highest BCUT2D eigenvalue weighted by atomic mass is 32.2. The second kappa shape index (κ2) is 9.22. The third kappa shape index (κ3) is 4.40. The van der Waals surface area contributed by atoms with Crippen molar-refractivity contribution >= 4 is 16.1 Å². The molecule has 0 aromatic heterocycles. The van der Waals surface area contributed by atoms with E-state index < -0.39 is 16.1 Å². The molecule has 0 saturated heterocycles. The van der Waals surface area contributed by atoms with Crippen LogP contribution in [0.15, 0.2) is 0 Å². The van der Waals surface area contributed by atoms with Gasteiger partial charge in [0.25, 0.3) is 0 Å². The van der Waals surface area contributed by atoms with Crippen LogP contribution >= 0.6 is 0 Å². The lowest BCUT2D eigenvalue weighted by atomic mass is 9.41. The summed E-state index contributed by atoms with van der Waals surface area (Å²) < 4.78 is 24.7. The molecule has 0 radical (unpaired) electrons. The van der Waals surface area contributed by atoms with Gasteiger partial charge in [0.05, 0.1) is 18.5 Å². The molecular formula is C26H46N2O5S. The average molecular weight is 499 g/mol. The standard InChI is InChI=1S/C26H46N2O5S/c1-6-17-21-13-16(29)9-11-26(21,4)20-10-12-25(3)18(7-8-19(25)22(20)23(17)30)15(2)14-27-24(31)28-34(5,32)33/h15-23,29-30H,6-14H2,1-5H3,(H2,27,28,31)/t15-,16-,17-,18-,19+,20+,21?,22+,23-,25-,26-/m1/s1. The normalized spacial score (nSPS) is 47.1. The third-order valence-electron chi connectivity index (χ3n) is 11.0. The van der Waals surface area contributed by atoms with Gasteiger partial charge in [0.2, 0.25) is 10.0 Å². The van der Waals surface area contributed by atoms with Crippen molar-refractivity contribution in [1.29, 1.82) is 0 Å². The van der Waals surface area contributed by atoms with Crippen molar-refractivity contribution in [2.45, 2.75) is 91.3 Å². The molecule has 0 aliphatic heterocycles. The fourth-order valence-electron chi connectivity index (χ4n) is 9.53. The Balaban J connectivity index is 1.52. The Morgan fingerprint density at radius 1 is 1.03 bits per heavy atom. The first-order valence-electron chi connectivity index (χ1n) is 13.4. The summed E-state index contributed by atoms with van der Waals surface area (Å²) in [4.78, 5) is 12.0. The van der Waals surface area contributed by atoms with E-state index in [4.69, 9.17) is 0 Å². The molecular weight excluding hydrogens is 452 g/mol. The number of hydrogen-bond donors (Lipinski definition) is 4. The van der Waals surface area contributed by atoms with Gasteiger partial charge in [0, 0.05) is 6.54 Å². The number of hydrogen-bond acceptors (Lipinski definition) is 5. The molecule has 4 fully saturated rings. The second-order valence-electron chi connectivity index (χ2n) is 12.7. The molecule has 8 heteroatoms. The highest BCUT2D eigenvalue weighted by molar-refractivity contribution is 7.89. The summed E-state index contributed by atoms with van der Waals surface area (Å²) in [7, 11) is -3.57. The van der Waals surface area contributed by atoms with E-state index in [9.17, 15) is 23.4 Å². The Kier molecular flexibility index (Phi) is 7.11. The quantitative estimate of drug-likeness (QED) is 0.463. The number of nitrogens with one attached hydrogen (secondary N) is 2. The van der Waals surface area contributed by atoms with E-state index in [1.54, 1.807) is 0 Å². The monoisotopic (exact) mass is 498 g/mol. The fraction of sp³-hybridized carbons (Fsp3) is 0.962. The van der Waals surface area contributed by atoms with Crippen LogP contribution in [0.2, 0.25) is 0 Å². The molecule has 196 valence electrons. The number of sulfonamides is 1. The summed E-state index contributed by atoms with van der Waals surface area (Å²) in [5.41, 5.74) is 0.312. The molecule has 1 unspecified atom stereocenters. The number of carbonyl (C=O) groups is 1. The van der Waals surface area contributed by atoms with Gasteiger partial charge < -0.3 is 15.5 Å². The molecule has 0 bridgehead atoms. The Bertz CT molecular complexity index is 880. The number of fused-ring (bicyclic) bond motifs is 5. The van der Waals surface area contributed by atoms with Gasteiger partial charge in [-0.05, 0) is 97.2 Å². The van der Waals surface area contributed by atoms with Gasteiger partial charge in [-0.3, -0.25) is 0 Å². The number of amides is 2. The summed E-state index contributed by atoms with van der Waals surface area (Å²) in [5, 5.41) is 25.0. The van der Waals surface area contributed by atoms with Gasteiger partial charge in [0.15, 0.2) is 0 Å².